The lowest BCUT2D eigenvalue weighted by molar-refractivity contribution is 0.283. The van der Waals surface area contributed by atoms with Crippen molar-refractivity contribution in [3.63, 3.8) is 0 Å². The van der Waals surface area contributed by atoms with E-state index < -0.39 is 0 Å². The van der Waals surface area contributed by atoms with Crippen LogP contribution in [0.25, 0.3) is 10.1 Å². The molecule has 0 bridgehead atoms. The number of aliphatic hydroxyl groups is 1. The van der Waals surface area contributed by atoms with E-state index in [1.54, 1.807) is 11.3 Å². The summed E-state index contributed by atoms with van der Waals surface area (Å²) in [5, 5.41) is 19.0. The molecule has 0 saturated carbocycles. The van der Waals surface area contributed by atoms with E-state index in [2.05, 4.69) is 28.7 Å². The summed E-state index contributed by atoms with van der Waals surface area (Å²) in [4.78, 5) is 0. The van der Waals surface area contributed by atoms with Crippen LogP contribution in [0.15, 0.2) is 18.2 Å². The Hall–Kier alpha value is -0.640. The quantitative estimate of drug-likeness (QED) is 0.823. The van der Waals surface area contributed by atoms with Gasteiger partial charge in [-0.2, -0.15) is 5.26 Å². The number of nitrogens with zero attached hydrogens (tertiary/aromatic N) is 1. The fraction of sp³-hybridized carbons (Fsp3) is 0.100. The molecule has 0 spiro atoms. The molecule has 0 atom stereocenters. The average molecular weight is 315 g/mol. The minimum absolute atomic E-state index is 0.0266. The molecule has 2 rings (SSSR count). The van der Waals surface area contributed by atoms with Crippen molar-refractivity contribution in [1.29, 1.82) is 5.26 Å². The van der Waals surface area contributed by atoms with Crippen molar-refractivity contribution in [2.75, 3.05) is 0 Å². The predicted molar refractivity (Wildman–Crippen MR) is 65.2 cm³/mol. The van der Waals surface area contributed by atoms with Gasteiger partial charge >= 0.3 is 0 Å². The lowest BCUT2D eigenvalue weighted by Gasteiger charge is -1.96. The Balaban J connectivity index is 2.87. The SMILES string of the molecule is N#Cc1c(I)sc2c(CO)cccc12. The highest BCUT2D eigenvalue weighted by Gasteiger charge is 2.11. The van der Waals surface area contributed by atoms with Crippen LogP contribution in [0.1, 0.15) is 11.1 Å². The molecule has 0 amide bonds. The highest BCUT2D eigenvalue weighted by atomic mass is 127. The van der Waals surface area contributed by atoms with Crippen molar-refractivity contribution < 1.29 is 5.11 Å². The van der Waals surface area contributed by atoms with Gasteiger partial charge in [0.1, 0.15) is 6.07 Å². The second-order valence-electron chi connectivity index (χ2n) is 2.81. The summed E-state index contributed by atoms with van der Waals surface area (Å²) in [6.45, 7) is 0.0266. The molecule has 1 aromatic heterocycles. The number of aliphatic hydroxyl groups excluding tert-OH is 1. The third kappa shape index (κ3) is 1.41. The van der Waals surface area contributed by atoms with E-state index in [4.69, 9.17) is 10.4 Å². The van der Waals surface area contributed by atoms with E-state index in [1.807, 2.05) is 18.2 Å². The molecule has 0 aliphatic rings. The summed E-state index contributed by atoms with van der Waals surface area (Å²) in [6, 6.07) is 7.87. The first kappa shape index (κ1) is 9.90. The highest BCUT2D eigenvalue weighted by Crippen LogP contribution is 2.34. The van der Waals surface area contributed by atoms with Crippen LogP contribution in [0.3, 0.4) is 0 Å². The van der Waals surface area contributed by atoms with E-state index in [9.17, 15) is 0 Å². The van der Waals surface area contributed by atoms with Gasteiger partial charge in [-0.3, -0.25) is 0 Å². The molecule has 70 valence electrons. The fourth-order valence-electron chi connectivity index (χ4n) is 1.38. The van der Waals surface area contributed by atoms with E-state index in [0.717, 1.165) is 24.1 Å². The van der Waals surface area contributed by atoms with Crippen molar-refractivity contribution in [2.45, 2.75) is 6.61 Å². The van der Waals surface area contributed by atoms with Crippen molar-refractivity contribution >= 4 is 44.0 Å². The van der Waals surface area contributed by atoms with Crippen LogP contribution in [0, 0.1) is 14.2 Å². The maximum Gasteiger partial charge on any atom is 0.102 e. The molecule has 1 heterocycles. The van der Waals surface area contributed by atoms with Gasteiger partial charge in [0.2, 0.25) is 0 Å². The van der Waals surface area contributed by atoms with Crippen LogP contribution < -0.4 is 0 Å². The number of benzene rings is 1. The average Bonchev–Trinajstić information content (AvgIpc) is 2.52. The van der Waals surface area contributed by atoms with E-state index in [1.165, 1.54) is 0 Å². The van der Waals surface area contributed by atoms with Crippen LogP contribution in [-0.4, -0.2) is 5.11 Å². The zero-order valence-electron chi connectivity index (χ0n) is 7.12. The Kier molecular flexibility index (Phi) is 2.72. The number of hydrogen-bond acceptors (Lipinski definition) is 3. The van der Waals surface area contributed by atoms with Crippen molar-refractivity contribution in [3.05, 3.63) is 32.2 Å². The first-order valence-electron chi connectivity index (χ1n) is 3.98. The fourth-order valence-corrected chi connectivity index (χ4v) is 3.43. The maximum absolute atomic E-state index is 9.13. The van der Waals surface area contributed by atoms with E-state index in [-0.39, 0.29) is 6.61 Å². The van der Waals surface area contributed by atoms with Gasteiger partial charge in [-0.1, -0.05) is 18.2 Å². The molecule has 14 heavy (non-hydrogen) atoms. The summed E-state index contributed by atoms with van der Waals surface area (Å²) < 4.78 is 2.01. The monoisotopic (exact) mass is 315 g/mol. The third-order valence-corrected chi connectivity index (χ3v) is 4.31. The van der Waals surface area contributed by atoms with Gasteiger partial charge in [0.05, 0.1) is 15.1 Å². The zero-order chi connectivity index (χ0) is 10.1. The van der Waals surface area contributed by atoms with Crippen LogP contribution in [0.5, 0.6) is 0 Å². The molecule has 1 N–H and O–H groups in total. The van der Waals surface area contributed by atoms with Gasteiger partial charge in [0.25, 0.3) is 0 Å². The van der Waals surface area contributed by atoms with Crippen LogP contribution in [0.2, 0.25) is 0 Å². The molecule has 0 unspecified atom stereocenters. The summed E-state index contributed by atoms with van der Waals surface area (Å²) >= 11 is 3.72. The molecule has 2 aromatic rings. The Bertz CT molecular complexity index is 527. The second kappa shape index (κ2) is 3.85. The number of hydrogen-bond donors (Lipinski definition) is 1. The van der Waals surface area contributed by atoms with Gasteiger partial charge < -0.3 is 5.11 Å². The van der Waals surface area contributed by atoms with Gasteiger partial charge in [0, 0.05) is 10.1 Å². The van der Waals surface area contributed by atoms with Crippen LogP contribution in [-0.2, 0) is 6.61 Å². The lowest BCUT2D eigenvalue weighted by atomic mass is 10.1. The van der Waals surface area contributed by atoms with Gasteiger partial charge in [0.15, 0.2) is 0 Å². The molecular weight excluding hydrogens is 309 g/mol. The number of rotatable bonds is 1. The summed E-state index contributed by atoms with van der Waals surface area (Å²) in [5.41, 5.74) is 1.62. The Labute approximate surface area is 98.9 Å². The minimum atomic E-state index is 0.0266. The minimum Gasteiger partial charge on any atom is -0.392 e. The van der Waals surface area contributed by atoms with Crippen molar-refractivity contribution in [2.24, 2.45) is 0 Å². The number of halogens is 1. The van der Waals surface area contributed by atoms with Gasteiger partial charge in [-0.05, 0) is 28.2 Å². The smallest absolute Gasteiger partial charge is 0.102 e. The van der Waals surface area contributed by atoms with E-state index in [0.29, 0.717) is 0 Å². The molecule has 4 heteroatoms. The van der Waals surface area contributed by atoms with E-state index >= 15 is 0 Å². The van der Waals surface area contributed by atoms with Gasteiger partial charge in [-0.25, -0.2) is 0 Å². The molecule has 0 aliphatic heterocycles. The molecule has 1 aromatic carbocycles. The summed E-state index contributed by atoms with van der Waals surface area (Å²) in [5.74, 6) is 0. The molecule has 0 saturated heterocycles. The summed E-state index contributed by atoms with van der Waals surface area (Å²) in [7, 11) is 0. The summed E-state index contributed by atoms with van der Waals surface area (Å²) in [6.07, 6.45) is 0. The van der Waals surface area contributed by atoms with Crippen LogP contribution in [0.4, 0.5) is 0 Å². The lowest BCUT2D eigenvalue weighted by Crippen LogP contribution is -1.81. The number of thiophene rings is 1. The standard InChI is InChI=1S/C10H6INOS/c11-10-8(4-12)7-3-1-2-6(5-13)9(7)14-10/h1-3,13H,5H2. The largest absolute Gasteiger partial charge is 0.392 e. The first-order valence-corrected chi connectivity index (χ1v) is 5.88. The van der Waals surface area contributed by atoms with Crippen molar-refractivity contribution in [3.8, 4) is 6.07 Å². The molecule has 2 nitrogen and oxygen atoms in total. The third-order valence-electron chi connectivity index (χ3n) is 2.04. The Morgan fingerprint density at radius 2 is 2.29 bits per heavy atom. The maximum atomic E-state index is 9.13. The normalized spacial score (nSPS) is 10.4. The predicted octanol–water partition coefficient (Wildman–Crippen LogP) is 2.87. The highest BCUT2D eigenvalue weighted by molar-refractivity contribution is 14.1. The zero-order valence-corrected chi connectivity index (χ0v) is 10.1. The topological polar surface area (TPSA) is 44.0 Å². The molecular formula is C10H6INOS. The van der Waals surface area contributed by atoms with Crippen molar-refractivity contribution in [1.82, 2.24) is 0 Å². The van der Waals surface area contributed by atoms with Crippen LogP contribution >= 0.6 is 33.9 Å². The molecule has 0 radical (unpaired) electrons. The number of fused-ring (bicyclic) bond motifs is 1. The Morgan fingerprint density at radius 3 is 2.93 bits per heavy atom. The Morgan fingerprint density at radius 1 is 1.50 bits per heavy atom. The first-order chi connectivity index (χ1) is 6.77. The number of nitriles is 1. The molecule has 0 aliphatic carbocycles. The second-order valence-corrected chi connectivity index (χ2v) is 5.65. The van der Waals surface area contributed by atoms with Gasteiger partial charge in [-0.15, -0.1) is 11.3 Å². The molecule has 0 fully saturated rings.